The van der Waals surface area contributed by atoms with Crippen LogP contribution in [0.25, 0.3) is 0 Å². The highest BCUT2D eigenvalue weighted by Crippen LogP contribution is 2.08. The molecule has 3 nitrogen and oxygen atoms in total. The first-order chi connectivity index (χ1) is 5.25. The highest BCUT2D eigenvalue weighted by Gasteiger charge is 2.05. The van der Waals surface area contributed by atoms with Gasteiger partial charge in [0.2, 0.25) is 0 Å². The Balaban J connectivity index is 2.74. The van der Waals surface area contributed by atoms with Gasteiger partial charge in [0.25, 0.3) is 0 Å². The number of nitrogens with zero attached hydrogens (tertiary/aromatic N) is 2. The summed E-state index contributed by atoms with van der Waals surface area (Å²) in [6, 6.07) is 0.278. The maximum Gasteiger partial charge on any atom is 0.0946 e. The zero-order valence-corrected chi connectivity index (χ0v) is 6.91. The van der Waals surface area contributed by atoms with E-state index in [0.717, 1.165) is 5.69 Å². The molecule has 1 heterocycles. The molecule has 1 aromatic heterocycles. The third-order valence-electron chi connectivity index (χ3n) is 1.67. The average Bonchev–Trinajstić information content (AvgIpc) is 2.36. The Morgan fingerprint density at radius 2 is 2.55 bits per heavy atom. The highest BCUT2D eigenvalue weighted by atomic mass is 15.1. The van der Waals surface area contributed by atoms with Crippen molar-refractivity contribution in [2.75, 3.05) is 0 Å². The van der Waals surface area contributed by atoms with E-state index in [9.17, 15) is 0 Å². The second-order valence-electron chi connectivity index (χ2n) is 2.52. The molecular formula is C8H13N3. The van der Waals surface area contributed by atoms with Gasteiger partial charge in [-0.25, -0.2) is 4.98 Å². The zero-order chi connectivity index (χ0) is 8.27. The van der Waals surface area contributed by atoms with Crippen LogP contribution < -0.4 is 5.32 Å². The number of rotatable bonds is 3. The molecule has 0 aliphatic rings. The van der Waals surface area contributed by atoms with Crippen molar-refractivity contribution in [2.24, 2.45) is 7.05 Å². The molecule has 1 N–H and O–H groups in total. The van der Waals surface area contributed by atoms with Gasteiger partial charge in [-0.05, 0) is 13.1 Å². The van der Waals surface area contributed by atoms with E-state index in [1.165, 1.54) is 0 Å². The van der Waals surface area contributed by atoms with Crippen molar-refractivity contribution in [1.82, 2.24) is 14.9 Å². The Morgan fingerprint density at radius 1 is 1.82 bits per heavy atom. The molecule has 0 aromatic carbocycles. The molecule has 0 aliphatic heterocycles. The SMILES string of the molecule is C=CNC(C)c1cncn1C. The minimum absolute atomic E-state index is 0.278. The van der Waals surface area contributed by atoms with E-state index in [1.54, 1.807) is 12.5 Å². The first-order valence-electron chi connectivity index (χ1n) is 3.59. The quantitative estimate of drug-likeness (QED) is 0.703. The fourth-order valence-electron chi connectivity index (χ4n) is 1.05. The van der Waals surface area contributed by atoms with E-state index in [4.69, 9.17) is 0 Å². The van der Waals surface area contributed by atoms with Crippen LogP contribution in [0.15, 0.2) is 25.3 Å². The van der Waals surface area contributed by atoms with E-state index in [0.29, 0.717) is 0 Å². The molecular weight excluding hydrogens is 138 g/mol. The summed E-state index contributed by atoms with van der Waals surface area (Å²) in [5, 5.41) is 3.09. The molecule has 0 aliphatic carbocycles. The molecule has 1 unspecified atom stereocenters. The molecule has 1 atom stereocenters. The van der Waals surface area contributed by atoms with Gasteiger partial charge < -0.3 is 9.88 Å². The van der Waals surface area contributed by atoms with Gasteiger partial charge in [-0.1, -0.05) is 6.58 Å². The van der Waals surface area contributed by atoms with Gasteiger partial charge in [0, 0.05) is 7.05 Å². The number of aromatic nitrogens is 2. The maximum atomic E-state index is 4.01. The molecule has 11 heavy (non-hydrogen) atoms. The van der Waals surface area contributed by atoms with Gasteiger partial charge >= 0.3 is 0 Å². The Kier molecular flexibility index (Phi) is 2.31. The smallest absolute Gasteiger partial charge is 0.0946 e. The molecule has 0 radical (unpaired) electrons. The van der Waals surface area contributed by atoms with Crippen LogP contribution in [0, 0.1) is 0 Å². The van der Waals surface area contributed by atoms with Crippen LogP contribution in [0.2, 0.25) is 0 Å². The summed E-state index contributed by atoms with van der Waals surface area (Å²) in [7, 11) is 1.98. The monoisotopic (exact) mass is 151 g/mol. The van der Waals surface area contributed by atoms with E-state index in [-0.39, 0.29) is 6.04 Å². The molecule has 1 rings (SSSR count). The van der Waals surface area contributed by atoms with Crippen molar-refractivity contribution in [3.8, 4) is 0 Å². The lowest BCUT2D eigenvalue weighted by Crippen LogP contribution is -2.13. The van der Waals surface area contributed by atoms with Gasteiger partial charge in [-0.2, -0.15) is 0 Å². The van der Waals surface area contributed by atoms with Crippen LogP contribution in [0.5, 0.6) is 0 Å². The minimum Gasteiger partial charge on any atom is -0.383 e. The predicted molar refractivity (Wildman–Crippen MR) is 45.0 cm³/mol. The van der Waals surface area contributed by atoms with Crippen LogP contribution in [0.1, 0.15) is 18.7 Å². The summed E-state index contributed by atoms with van der Waals surface area (Å²) >= 11 is 0. The molecule has 3 heteroatoms. The second-order valence-corrected chi connectivity index (χ2v) is 2.52. The third kappa shape index (κ3) is 1.61. The largest absolute Gasteiger partial charge is 0.383 e. The Labute approximate surface area is 66.8 Å². The predicted octanol–water partition coefficient (Wildman–Crippen LogP) is 1.21. The second kappa shape index (κ2) is 3.23. The van der Waals surface area contributed by atoms with Crippen molar-refractivity contribution in [3.63, 3.8) is 0 Å². The van der Waals surface area contributed by atoms with Crippen molar-refractivity contribution in [1.29, 1.82) is 0 Å². The van der Waals surface area contributed by atoms with E-state index in [1.807, 2.05) is 17.8 Å². The molecule has 0 amide bonds. The molecule has 0 spiro atoms. The van der Waals surface area contributed by atoms with E-state index < -0.39 is 0 Å². The number of nitrogens with one attached hydrogen (secondary N) is 1. The Morgan fingerprint density at radius 3 is 3.00 bits per heavy atom. The number of hydrogen-bond acceptors (Lipinski definition) is 2. The molecule has 0 saturated heterocycles. The van der Waals surface area contributed by atoms with Gasteiger partial charge in [0.1, 0.15) is 0 Å². The first-order valence-corrected chi connectivity index (χ1v) is 3.59. The summed E-state index contributed by atoms with van der Waals surface area (Å²) in [5.74, 6) is 0. The van der Waals surface area contributed by atoms with Crippen molar-refractivity contribution < 1.29 is 0 Å². The molecule has 1 aromatic rings. The molecule has 60 valence electrons. The fraction of sp³-hybridized carbons (Fsp3) is 0.375. The van der Waals surface area contributed by atoms with Crippen molar-refractivity contribution >= 4 is 0 Å². The third-order valence-corrected chi connectivity index (χ3v) is 1.67. The van der Waals surface area contributed by atoms with Crippen LogP contribution in [-0.4, -0.2) is 9.55 Å². The van der Waals surface area contributed by atoms with Gasteiger partial charge in [0.05, 0.1) is 24.3 Å². The zero-order valence-electron chi connectivity index (χ0n) is 6.91. The Bertz CT molecular complexity index is 239. The lowest BCUT2D eigenvalue weighted by molar-refractivity contribution is 0.631. The molecule has 0 saturated carbocycles. The van der Waals surface area contributed by atoms with Gasteiger partial charge in [0.15, 0.2) is 0 Å². The summed E-state index contributed by atoms with van der Waals surface area (Å²) in [6.45, 7) is 5.67. The van der Waals surface area contributed by atoms with E-state index in [2.05, 4.69) is 23.8 Å². The molecule has 0 fully saturated rings. The van der Waals surface area contributed by atoms with Gasteiger partial charge in [-0.15, -0.1) is 0 Å². The highest BCUT2D eigenvalue weighted by molar-refractivity contribution is 5.04. The topological polar surface area (TPSA) is 29.9 Å². The summed E-state index contributed by atoms with van der Waals surface area (Å²) < 4.78 is 1.99. The number of hydrogen-bond donors (Lipinski definition) is 1. The van der Waals surface area contributed by atoms with Crippen molar-refractivity contribution in [3.05, 3.63) is 31.0 Å². The summed E-state index contributed by atoms with van der Waals surface area (Å²) in [6.07, 6.45) is 5.33. The van der Waals surface area contributed by atoms with Crippen LogP contribution in [0.3, 0.4) is 0 Å². The van der Waals surface area contributed by atoms with Gasteiger partial charge in [-0.3, -0.25) is 0 Å². The number of aryl methyl sites for hydroxylation is 1. The van der Waals surface area contributed by atoms with Crippen molar-refractivity contribution in [2.45, 2.75) is 13.0 Å². The van der Waals surface area contributed by atoms with Crippen LogP contribution >= 0.6 is 0 Å². The summed E-state index contributed by atoms with van der Waals surface area (Å²) in [5.41, 5.74) is 1.16. The Hall–Kier alpha value is -1.25. The fourth-order valence-corrected chi connectivity index (χ4v) is 1.05. The van der Waals surface area contributed by atoms with E-state index >= 15 is 0 Å². The minimum atomic E-state index is 0.278. The summed E-state index contributed by atoms with van der Waals surface area (Å²) in [4.78, 5) is 4.01. The molecule has 0 bridgehead atoms. The average molecular weight is 151 g/mol. The normalized spacial score (nSPS) is 12.5. The van der Waals surface area contributed by atoms with Crippen LogP contribution in [0.4, 0.5) is 0 Å². The lowest BCUT2D eigenvalue weighted by Gasteiger charge is -2.11. The lowest BCUT2D eigenvalue weighted by atomic mass is 10.2. The maximum absolute atomic E-state index is 4.01. The first kappa shape index (κ1) is 7.85. The number of imidazole rings is 1. The van der Waals surface area contributed by atoms with Crippen LogP contribution in [-0.2, 0) is 7.05 Å². The standard InChI is InChI=1S/C8H13N3/c1-4-10-7(2)8-5-9-6-11(8)3/h4-7,10H,1H2,2-3H3.